The van der Waals surface area contributed by atoms with Gasteiger partial charge < -0.3 is 9.47 Å². The monoisotopic (exact) mass is 379 g/mol. The number of esters is 1. The molecule has 0 bridgehead atoms. The number of carbonyl (C=O) groups excluding carboxylic acids is 1. The first-order chi connectivity index (χ1) is 10.5. The summed E-state index contributed by atoms with van der Waals surface area (Å²) in [5.41, 5.74) is 1.30. The second-order valence-corrected chi connectivity index (χ2v) is 5.76. The molecule has 2 aromatic carbocycles. The molecule has 0 radical (unpaired) electrons. The summed E-state index contributed by atoms with van der Waals surface area (Å²) in [7, 11) is 0. The summed E-state index contributed by atoms with van der Waals surface area (Å²) in [6, 6.07) is 11.8. The van der Waals surface area contributed by atoms with Crippen LogP contribution in [0.25, 0.3) is 0 Å². The van der Waals surface area contributed by atoms with Crippen LogP contribution in [0.5, 0.6) is 11.5 Å². The van der Waals surface area contributed by atoms with Crippen molar-refractivity contribution in [2.75, 3.05) is 6.61 Å². The third-order valence-corrected chi connectivity index (χ3v) is 3.48. The Kier molecular flexibility index (Phi) is 5.42. The van der Waals surface area contributed by atoms with Gasteiger partial charge in [0.05, 0.1) is 16.7 Å². The van der Waals surface area contributed by atoms with Crippen LogP contribution in [-0.2, 0) is 4.79 Å². The minimum absolute atomic E-state index is 0.262. The third kappa shape index (κ3) is 4.23. The molecule has 22 heavy (non-hydrogen) atoms. The Labute approximate surface area is 141 Å². The summed E-state index contributed by atoms with van der Waals surface area (Å²) in [6.45, 7) is 1.57. The lowest BCUT2D eigenvalue weighted by Crippen LogP contribution is -2.18. The van der Waals surface area contributed by atoms with Gasteiger partial charge in [-0.1, -0.05) is 27.5 Å². The lowest BCUT2D eigenvalue weighted by molar-refractivity contribution is -0.136. The van der Waals surface area contributed by atoms with Crippen molar-refractivity contribution in [1.29, 1.82) is 5.26 Å². The van der Waals surface area contributed by atoms with Crippen molar-refractivity contribution in [2.45, 2.75) is 6.92 Å². The molecule has 2 rings (SSSR count). The fourth-order valence-corrected chi connectivity index (χ4v) is 2.79. The molecule has 0 spiro atoms. The van der Waals surface area contributed by atoms with Gasteiger partial charge in [0, 0.05) is 4.47 Å². The predicted molar refractivity (Wildman–Crippen MR) is 86.2 cm³/mol. The van der Waals surface area contributed by atoms with Crippen LogP contribution >= 0.6 is 27.5 Å². The first kappa shape index (κ1) is 16.3. The van der Waals surface area contributed by atoms with E-state index in [0.29, 0.717) is 22.1 Å². The highest BCUT2D eigenvalue weighted by molar-refractivity contribution is 9.10. The van der Waals surface area contributed by atoms with Gasteiger partial charge in [0.2, 0.25) is 0 Å². The molecule has 0 fully saturated rings. The van der Waals surface area contributed by atoms with Crippen LogP contribution < -0.4 is 9.47 Å². The van der Waals surface area contributed by atoms with Crippen LogP contribution in [0, 0.1) is 18.3 Å². The van der Waals surface area contributed by atoms with Crippen LogP contribution in [0.2, 0.25) is 5.02 Å². The molecule has 112 valence electrons. The van der Waals surface area contributed by atoms with Gasteiger partial charge in [-0.05, 0) is 48.9 Å². The molecule has 0 aromatic heterocycles. The summed E-state index contributed by atoms with van der Waals surface area (Å²) < 4.78 is 11.4. The van der Waals surface area contributed by atoms with E-state index in [1.165, 1.54) is 0 Å². The van der Waals surface area contributed by atoms with Gasteiger partial charge in [-0.15, -0.1) is 0 Å². The van der Waals surface area contributed by atoms with E-state index in [0.717, 1.165) is 10.0 Å². The minimum Gasteiger partial charge on any atom is -0.480 e. The minimum atomic E-state index is -0.553. The molecule has 0 heterocycles. The first-order valence-electron chi connectivity index (χ1n) is 6.29. The summed E-state index contributed by atoms with van der Waals surface area (Å²) >= 11 is 9.40. The van der Waals surface area contributed by atoms with E-state index in [1.807, 2.05) is 19.1 Å². The predicted octanol–water partition coefficient (Wildman–Crippen LogP) is 4.27. The van der Waals surface area contributed by atoms with Crippen LogP contribution in [0.1, 0.15) is 11.1 Å². The molecule has 0 saturated heterocycles. The van der Waals surface area contributed by atoms with E-state index in [1.54, 1.807) is 30.3 Å². The van der Waals surface area contributed by atoms with Gasteiger partial charge in [0.1, 0.15) is 11.5 Å². The molecule has 0 unspecified atom stereocenters. The number of hydrogen-bond donors (Lipinski definition) is 0. The zero-order valence-corrected chi connectivity index (χ0v) is 13.9. The van der Waals surface area contributed by atoms with E-state index in [-0.39, 0.29) is 6.61 Å². The highest BCUT2D eigenvalue weighted by Crippen LogP contribution is 2.31. The molecule has 0 amide bonds. The third-order valence-electron chi connectivity index (χ3n) is 2.74. The number of nitriles is 1. The van der Waals surface area contributed by atoms with E-state index >= 15 is 0 Å². The maximum Gasteiger partial charge on any atom is 0.349 e. The van der Waals surface area contributed by atoms with E-state index in [2.05, 4.69) is 15.9 Å². The Morgan fingerprint density at radius 2 is 2.00 bits per heavy atom. The van der Waals surface area contributed by atoms with Crippen molar-refractivity contribution in [3.8, 4) is 17.6 Å². The van der Waals surface area contributed by atoms with Crippen molar-refractivity contribution in [2.24, 2.45) is 0 Å². The first-order valence-corrected chi connectivity index (χ1v) is 7.46. The largest absolute Gasteiger partial charge is 0.480 e. The van der Waals surface area contributed by atoms with Gasteiger partial charge in [0.25, 0.3) is 0 Å². The lowest BCUT2D eigenvalue weighted by atomic mass is 10.2. The van der Waals surface area contributed by atoms with E-state index in [4.69, 9.17) is 26.3 Å². The quantitative estimate of drug-likeness (QED) is 0.587. The van der Waals surface area contributed by atoms with Crippen molar-refractivity contribution in [3.63, 3.8) is 0 Å². The average Bonchev–Trinajstić information content (AvgIpc) is 2.47. The Morgan fingerprint density at radius 3 is 2.59 bits per heavy atom. The molecular weight excluding hydrogens is 370 g/mol. The number of carbonyl (C=O) groups is 1. The van der Waals surface area contributed by atoms with Gasteiger partial charge in [0.15, 0.2) is 6.61 Å². The SMILES string of the molecule is Cc1cc(Br)cc(Cl)c1OCC(=O)Oc1ccc(C#N)cc1. The molecule has 0 aliphatic heterocycles. The molecule has 0 saturated carbocycles. The summed E-state index contributed by atoms with van der Waals surface area (Å²) in [6.07, 6.45) is 0. The summed E-state index contributed by atoms with van der Waals surface area (Å²) in [4.78, 5) is 11.8. The van der Waals surface area contributed by atoms with Gasteiger partial charge in [-0.3, -0.25) is 0 Å². The standard InChI is InChI=1S/C16H11BrClNO3/c1-10-6-12(17)7-14(18)16(10)21-9-15(20)22-13-4-2-11(8-19)3-5-13/h2-7H,9H2,1H3. The van der Waals surface area contributed by atoms with Crippen molar-refractivity contribution in [1.82, 2.24) is 0 Å². The molecular formula is C16H11BrClNO3. The average molecular weight is 381 g/mol. The van der Waals surface area contributed by atoms with Crippen molar-refractivity contribution >= 4 is 33.5 Å². The smallest absolute Gasteiger partial charge is 0.349 e. The van der Waals surface area contributed by atoms with Gasteiger partial charge >= 0.3 is 5.97 Å². The van der Waals surface area contributed by atoms with Gasteiger partial charge in [-0.2, -0.15) is 5.26 Å². The Balaban J connectivity index is 1.97. The molecule has 6 heteroatoms. The van der Waals surface area contributed by atoms with Crippen LogP contribution in [-0.4, -0.2) is 12.6 Å². The molecule has 2 aromatic rings. The number of halogens is 2. The van der Waals surface area contributed by atoms with Crippen molar-refractivity contribution < 1.29 is 14.3 Å². The zero-order chi connectivity index (χ0) is 16.1. The number of benzene rings is 2. The van der Waals surface area contributed by atoms with Crippen LogP contribution in [0.15, 0.2) is 40.9 Å². The zero-order valence-electron chi connectivity index (χ0n) is 11.6. The number of hydrogen-bond acceptors (Lipinski definition) is 4. The maximum atomic E-state index is 11.8. The molecule has 4 nitrogen and oxygen atoms in total. The molecule has 0 aliphatic rings. The fourth-order valence-electron chi connectivity index (χ4n) is 1.76. The highest BCUT2D eigenvalue weighted by Gasteiger charge is 2.11. The summed E-state index contributed by atoms with van der Waals surface area (Å²) in [5.74, 6) is 0.246. The highest BCUT2D eigenvalue weighted by atomic mass is 79.9. The number of rotatable bonds is 4. The molecule has 0 aliphatic carbocycles. The number of ether oxygens (including phenoxy) is 2. The second-order valence-electron chi connectivity index (χ2n) is 4.43. The Morgan fingerprint density at radius 1 is 1.32 bits per heavy atom. The van der Waals surface area contributed by atoms with Crippen LogP contribution in [0.3, 0.4) is 0 Å². The van der Waals surface area contributed by atoms with Crippen molar-refractivity contribution in [3.05, 3.63) is 57.0 Å². The van der Waals surface area contributed by atoms with Gasteiger partial charge in [-0.25, -0.2) is 4.79 Å². The Hall–Kier alpha value is -2.03. The molecule has 0 atom stereocenters. The van der Waals surface area contributed by atoms with Crippen LogP contribution in [0.4, 0.5) is 0 Å². The van der Waals surface area contributed by atoms with E-state index < -0.39 is 5.97 Å². The number of nitrogens with zero attached hydrogens (tertiary/aromatic N) is 1. The normalized spacial score (nSPS) is 9.91. The Bertz CT molecular complexity index is 715. The molecule has 0 N–H and O–H groups in total. The van der Waals surface area contributed by atoms with E-state index in [9.17, 15) is 4.79 Å². The number of aryl methyl sites for hydroxylation is 1. The maximum absolute atomic E-state index is 11.8. The topological polar surface area (TPSA) is 59.3 Å². The summed E-state index contributed by atoms with van der Waals surface area (Å²) in [5, 5.41) is 9.11. The lowest BCUT2D eigenvalue weighted by Gasteiger charge is -2.11. The fraction of sp³-hybridized carbons (Fsp3) is 0.125. The second kappa shape index (κ2) is 7.30.